The highest BCUT2D eigenvalue weighted by molar-refractivity contribution is 7.18. The van der Waals surface area contributed by atoms with Crippen LogP contribution in [0.1, 0.15) is 43.2 Å². The van der Waals surface area contributed by atoms with Gasteiger partial charge in [-0.15, -0.1) is 11.3 Å². The van der Waals surface area contributed by atoms with E-state index < -0.39 is 11.9 Å². The van der Waals surface area contributed by atoms with Crippen LogP contribution < -0.4 is 0 Å². The Balaban J connectivity index is 2.46. The molecule has 2 rings (SSSR count). The van der Waals surface area contributed by atoms with E-state index in [2.05, 4.69) is 18.8 Å². The van der Waals surface area contributed by atoms with Crippen molar-refractivity contribution >= 4 is 27.5 Å². The Bertz CT molecular complexity index is 560. The van der Waals surface area contributed by atoms with Gasteiger partial charge in [-0.05, 0) is 24.6 Å². The zero-order valence-electron chi connectivity index (χ0n) is 10.1. The molecule has 1 aromatic heterocycles. The minimum atomic E-state index is -0.802. The third kappa shape index (κ3) is 2.31. The molecule has 1 N–H and O–H groups in total. The molecule has 0 spiro atoms. The van der Waals surface area contributed by atoms with Gasteiger partial charge in [-0.1, -0.05) is 19.9 Å². The van der Waals surface area contributed by atoms with Crippen molar-refractivity contribution in [3.63, 3.8) is 0 Å². The van der Waals surface area contributed by atoms with Gasteiger partial charge < -0.3 is 5.11 Å². The van der Waals surface area contributed by atoms with Gasteiger partial charge in [-0.3, -0.25) is 4.79 Å². The lowest BCUT2D eigenvalue weighted by Crippen LogP contribution is -2.06. The molecule has 0 amide bonds. The molecule has 4 heteroatoms. The van der Waals surface area contributed by atoms with E-state index in [1.807, 2.05) is 18.2 Å². The topological polar surface area (TPSA) is 50.2 Å². The molecular formula is C13H15NO2S. The van der Waals surface area contributed by atoms with Gasteiger partial charge in [0.2, 0.25) is 0 Å². The van der Waals surface area contributed by atoms with Crippen LogP contribution in [0.25, 0.3) is 10.2 Å². The molecule has 0 aliphatic rings. The number of benzene rings is 1. The summed E-state index contributed by atoms with van der Waals surface area (Å²) in [6, 6.07) is 5.73. The largest absolute Gasteiger partial charge is 0.481 e. The van der Waals surface area contributed by atoms with E-state index in [-0.39, 0.29) is 0 Å². The summed E-state index contributed by atoms with van der Waals surface area (Å²) in [5, 5.41) is 10.1. The zero-order chi connectivity index (χ0) is 12.6. The van der Waals surface area contributed by atoms with Gasteiger partial charge in [0.25, 0.3) is 0 Å². The average molecular weight is 249 g/mol. The lowest BCUT2D eigenvalue weighted by Gasteiger charge is -2.05. The molecule has 1 heterocycles. The fraction of sp³-hybridized carbons (Fsp3) is 0.385. The number of fused-ring (bicyclic) bond motifs is 1. The summed E-state index contributed by atoms with van der Waals surface area (Å²) in [7, 11) is 0. The second-order valence-corrected chi connectivity index (χ2v) is 5.56. The Morgan fingerprint density at radius 2 is 2.06 bits per heavy atom. The molecule has 0 saturated carbocycles. The van der Waals surface area contributed by atoms with Crippen molar-refractivity contribution in [2.24, 2.45) is 0 Å². The number of carboxylic acid groups (broad SMARTS) is 1. The molecule has 0 fully saturated rings. The van der Waals surface area contributed by atoms with E-state index in [0.717, 1.165) is 20.8 Å². The van der Waals surface area contributed by atoms with Crippen molar-refractivity contribution in [3.8, 4) is 0 Å². The van der Waals surface area contributed by atoms with Gasteiger partial charge in [0.15, 0.2) is 0 Å². The number of aliphatic carboxylic acids is 1. The Kier molecular flexibility index (Phi) is 3.15. The highest BCUT2D eigenvalue weighted by atomic mass is 32.1. The number of nitrogens with zero attached hydrogens (tertiary/aromatic N) is 1. The van der Waals surface area contributed by atoms with Gasteiger partial charge in [-0.25, -0.2) is 4.98 Å². The molecule has 1 unspecified atom stereocenters. The van der Waals surface area contributed by atoms with Crippen molar-refractivity contribution < 1.29 is 9.90 Å². The molecule has 90 valence electrons. The van der Waals surface area contributed by atoms with Crippen LogP contribution in [0.15, 0.2) is 18.2 Å². The number of thiazole rings is 1. The van der Waals surface area contributed by atoms with E-state index in [9.17, 15) is 4.79 Å². The summed E-state index contributed by atoms with van der Waals surface area (Å²) >= 11 is 1.68. The lowest BCUT2D eigenvalue weighted by atomic mass is 10.0. The fourth-order valence-electron chi connectivity index (χ4n) is 1.62. The second-order valence-electron chi connectivity index (χ2n) is 4.49. The smallest absolute Gasteiger partial charge is 0.310 e. The monoisotopic (exact) mass is 249 g/mol. The zero-order valence-corrected chi connectivity index (χ0v) is 10.9. The van der Waals surface area contributed by atoms with Gasteiger partial charge in [0.05, 0.1) is 21.1 Å². The quantitative estimate of drug-likeness (QED) is 0.904. The van der Waals surface area contributed by atoms with Gasteiger partial charge in [0.1, 0.15) is 0 Å². The molecule has 0 saturated heterocycles. The van der Waals surface area contributed by atoms with Gasteiger partial charge >= 0.3 is 5.97 Å². The molecule has 0 aliphatic heterocycles. The molecular weight excluding hydrogens is 234 g/mol. The van der Waals surface area contributed by atoms with Crippen molar-refractivity contribution in [1.82, 2.24) is 4.98 Å². The summed E-state index contributed by atoms with van der Waals surface area (Å²) in [5.41, 5.74) is 1.72. The van der Waals surface area contributed by atoms with E-state index in [4.69, 9.17) is 5.11 Å². The van der Waals surface area contributed by atoms with Crippen LogP contribution in [0, 0.1) is 0 Å². The molecule has 2 aromatic rings. The molecule has 0 aliphatic carbocycles. The number of aromatic nitrogens is 1. The maximum absolute atomic E-state index is 10.9. The maximum atomic E-state index is 10.9. The lowest BCUT2D eigenvalue weighted by molar-refractivity contribution is -0.138. The van der Waals surface area contributed by atoms with Gasteiger partial charge in [0, 0.05) is 5.92 Å². The van der Waals surface area contributed by atoms with Gasteiger partial charge in [-0.2, -0.15) is 0 Å². The van der Waals surface area contributed by atoms with Crippen molar-refractivity contribution in [1.29, 1.82) is 0 Å². The summed E-state index contributed by atoms with van der Waals surface area (Å²) in [4.78, 5) is 15.5. The van der Waals surface area contributed by atoms with E-state index >= 15 is 0 Å². The van der Waals surface area contributed by atoms with Crippen LogP contribution in [0.3, 0.4) is 0 Å². The Morgan fingerprint density at radius 1 is 1.35 bits per heavy atom. The Hall–Kier alpha value is -1.42. The molecule has 3 nitrogen and oxygen atoms in total. The normalized spacial score (nSPS) is 13.2. The van der Waals surface area contributed by atoms with Crippen LogP contribution in [0.5, 0.6) is 0 Å². The predicted octanol–water partition coefficient (Wildman–Crippen LogP) is 3.61. The summed E-state index contributed by atoms with van der Waals surface area (Å²) in [6.45, 7) is 5.91. The first-order valence-corrected chi connectivity index (χ1v) is 6.44. The highest BCUT2D eigenvalue weighted by Crippen LogP contribution is 2.29. The van der Waals surface area contributed by atoms with Crippen LogP contribution in [0.4, 0.5) is 0 Å². The minimum Gasteiger partial charge on any atom is -0.481 e. The van der Waals surface area contributed by atoms with E-state index in [0.29, 0.717) is 5.92 Å². The standard InChI is InChI=1S/C13H15NO2S/c1-7(2)12-14-10-6-9(8(3)13(15)16)4-5-11(10)17-12/h4-8H,1-3H3,(H,15,16). The molecule has 0 bridgehead atoms. The van der Waals surface area contributed by atoms with Crippen LogP contribution >= 0.6 is 11.3 Å². The summed E-state index contributed by atoms with van der Waals surface area (Å²) in [6.07, 6.45) is 0. The van der Waals surface area contributed by atoms with E-state index in [1.165, 1.54) is 0 Å². The first-order chi connectivity index (χ1) is 7.99. The number of hydrogen-bond acceptors (Lipinski definition) is 3. The Labute approximate surface area is 104 Å². The first kappa shape index (κ1) is 12.0. The number of rotatable bonds is 3. The Morgan fingerprint density at radius 3 is 2.65 bits per heavy atom. The SMILES string of the molecule is CC(C)c1nc2cc(C(C)C(=O)O)ccc2s1. The third-order valence-electron chi connectivity index (χ3n) is 2.79. The molecule has 1 aromatic carbocycles. The third-order valence-corrected chi connectivity index (χ3v) is 4.13. The van der Waals surface area contributed by atoms with Crippen LogP contribution in [-0.4, -0.2) is 16.1 Å². The minimum absolute atomic E-state index is 0.410. The first-order valence-electron chi connectivity index (χ1n) is 5.62. The van der Waals surface area contributed by atoms with Crippen LogP contribution in [-0.2, 0) is 4.79 Å². The average Bonchev–Trinajstić information content (AvgIpc) is 2.70. The second kappa shape index (κ2) is 4.45. The number of carbonyl (C=O) groups is 1. The highest BCUT2D eigenvalue weighted by Gasteiger charge is 2.15. The summed E-state index contributed by atoms with van der Waals surface area (Å²) in [5.74, 6) is -0.875. The van der Waals surface area contributed by atoms with Crippen molar-refractivity contribution in [3.05, 3.63) is 28.8 Å². The molecule has 0 radical (unpaired) electrons. The van der Waals surface area contributed by atoms with Crippen LogP contribution in [0.2, 0.25) is 0 Å². The molecule has 17 heavy (non-hydrogen) atoms. The number of hydrogen-bond donors (Lipinski definition) is 1. The molecule has 1 atom stereocenters. The maximum Gasteiger partial charge on any atom is 0.310 e. The van der Waals surface area contributed by atoms with E-state index in [1.54, 1.807) is 18.3 Å². The van der Waals surface area contributed by atoms with Crippen molar-refractivity contribution in [2.45, 2.75) is 32.6 Å². The number of carboxylic acids is 1. The predicted molar refractivity (Wildman–Crippen MR) is 69.8 cm³/mol. The summed E-state index contributed by atoms with van der Waals surface area (Å²) < 4.78 is 1.12. The van der Waals surface area contributed by atoms with Crippen molar-refractivity contribution in [2.75, 3.05) is 0 Å². The fourth-order valence-corrected chi connectivity index (χ4v) is 2.57.